The fourth-order valence-electron chi connectivity index (χ4n) is 4.37. The smallest absolute Gasteiger partial charge is 0.217 e. The SMILES string of the molecule is CO[C@@H]1C[C@H]2CN(c3ncnc4[nH]ccc34)C[C@H]2C[C@H]1NC(C)=O. The largest absolute Gasteiger partial charge is 0.379 e. The Morgan fingerprint density at radius 3 is 2.88 bits per heavy atom. The van der Waals surface area contributed by atoms with Gasteiger partial charge in [0.05, 0.1) is 17.5 Å². The topological polar surface area (TPSA) is 83.1 Å². The lowest BCUT2D eigenvalue weighted by molar-refractivity contribution is -0.121. The number of fused-ring (bicyclic) bond motifs is 2. The van der Waals surface area contributed by atoms with Gasteiger partial charge in [0.2, 0.25) is 5.91 Å². The van der Waals surface area contributed by atoms with Gasteiger partial charge >= 0.3 is 0 Å². The number of carbonyl (C=O) groups is 1. The molecule has 7 nitrogen and oxygen atoms in total. The Kier molecular flexibility index (Phi) is 3.88. The molecule has 2 N–H and O–H groups in total. The lowest BCUT2D eigenvalue weighted by Crippen LogP contribution is -2.49. The van der Waals surface area contributed by atoms with Gasteiger partial charge in [0.1, 0.15) is 17.8 Å². The minimum Gasteiger partial charge on any atom is -0.379 e. The lowest BCUT2D eigenvalue weighted by atomic mass is 9.77. The molecule has 1 saturated carbocycles. The molecule has 1 saturated heterocycles. The van der Waals surface area contributed by atoms with Crippen LogP contribution in [0.3, 0.4) is 0 Å². The van der Waals surface area contributed by atoms with Crippen molar-refractivity contribution >= 4 is 22.8 Å². The maximum Gasteiger partial charge on any atom is 0.217 e. The van der Waals surface area contributed by atoms with E-state index in [2.05, 4.69) is 25.2 Å². The summed E-state index contributed by atoms with van der Waals surface area (Å²) in [7, 11) is 1.74. The van der Waals surface area contributed by atoms with Crippen LogP contribution >= 0.6 is 0 Å². The van der Waals surface area contributed by atoms with E-state index in [0.717, 1.165) is 42.8 Å². The van der Waals surface area contributed by atoms with E-state index in [1.54, 1.807) is 20.4 Å². The molecule has 7 heteroatoms. The summed E-state index contributed by atoms with van der Waals surface area (Å²) >= 11 is 0. The predicted molar refractivity (Wildman–Crippen MR) is 90.7 cm³/mol. The van der Waals surface area contributed by atoms with Crippen LogP contribution < -0.4 is 10.2 Å². The number of methoxy groups -OCH3 is 1. The van der Waals surface area contributed by atoms with Crippen LogP contribution in [0.25, 0.3) is 11.0 Å². The summed E-state index contributed by atoms with van der Waals surface area (Å²) in [5, 5.41) is 4.13. The number of aromatic amines is 1. The summed E-state index contributed by atoms with van der Waals surface area (Å²) in [6, 6.07) is 2.14. The first-order chi connectivity index (χ1) is 11.7. The summed E-state index contributed by atoms with van der Waals surface area (Å²) in [5.74, 6) is 2.14. The highest BCUT2D eigenvalue weighted by atomic mass is 16.5. The molecule has 24 heavy (non-hydrogen) atoms. The van der Waals surface area contributed by atoms with Gasteiger partial charge in [-0.25, -0.2) is 9.97 Å². The van der Waals surface area contributed by atoms with Crippen molar-refractivity contribution in [1.82, 2.24) is 20.3 Å². The highest BCUT2D eigenvalue weighted by molar-refractivity contribution is 5.87. The van der Waals surface area contributed by atoms with Gasteiger partial charge in [-0.15, -0.1) is 0 Å². The van der Waals surface area contributed by atoms with Crippen molar-refractivity contribution in [3.8, 4) is 0 Å². The first-order valence-corrected chi connectivity index (χ1v) is 8.48. The van der Waals surface area contributed by atoms with Crippen LogP contribution in [0.2, 0.25) is 0 Å². The van der Waals surface area contributed by atoms with E-state index in [1.807, 2.05) is 12.3 Å². The van der Waals surface area contributed by atoms with Crippen LogP contribution in [-0.2, 0) is 9.53 Å². The Hall–Kier alpha value is -2.15. The third kappa shape index (κ3) is 2.62. The normalized spacial score (nSPS) is 29.7. The monoisotopic (exact) mass is 329 g/mol. The highest BCUT2D eigenvalue weighted by Gasteiger charge is 2.43. The van der Waals surface area contributed by atoms with Gasteiger partial charge in [-0.1, -0.05) is 0 Å². The minimum absolute atomic E-state index is 0.0141. The van der Waals surface area contributed by atoms with Gasteiger partial charge in [0.25, 0.3) is 0 Å². The number of hydrogen-bond acceptors (Lipinski definition) is 5. The number of nitrogens with one attached hydrogen (secondary N) is 2. The van der Waals surface area contributed by atoms with Gasteiger partial charge in [0.15, 0.2) is 0 Å². The molecule has 1 amide bonds. The second-order valence-electron chi connectivity index (χ2n) is 6.91. The molecule has 4 atom stereocenters. The number of ether oxygens (including phenoxy) is 1. The van der Waals surface area contributed by atoms with Crippen molar-refractivity contribution in [1.29, 1.82) is 0 Å². The van der Waals surface area contributed by atoms with E-state index in [4.69, 9.17) is 4.74 Å². The molecular formula is C17H23N5O2. The van der Waals surface area contributed by atoms with E-state index in [9.17, 15) is 4.79 Å². The Bertz CT molecular complexity index is 745. The number of aromatic nitrogens is 3. The van der Waals surface area contributed by atoms with Crippen LogP contribution in [-0.4, -0.2) is 53.2 Å². The molecule has 2 aromatic rings. The van der Waals surface area contributed by atoms with Crippen LogP contribution in [0.15, 0.2) is 18.6 Å². The van der Waals surface area contributed by atoms with E-state index in [0.29, 0.717) is 11.8 Å². The molecule has 0 bridgehead atoms. The number of hydrogen-bond donors (Lipinski definition) is 2. The second kappa shape index (κ2) is 6.05. The van der Waals surface area contributed by atoms with E-state index in [-0.39, 0.29) is 18.1 Å². The van der Waals surface area contributed by atoms with Gasteiger partial charge in [-0.2, -0.15) is 0 Å². The maximum absolute atomic E-state index is 11.5. The fraction of sp³-hybridized carbons (Fsp3) is 0.588. The van der Waals surface area contributed by atoms with Gasteiger partial charge < -0.3 is 19.9 Å². The quantitative estimate of drug-likeness (QED) is 0.887. The zero-order valence-electron chi connectivity index (χ0n) is 14.0. The molecule has 128 valence electrons. The first-order valence-electron chi connectivity index (χ1n) is 8.48. The van der Waals surface area contributed by atoms with Crippen LogP contribution in [0.5, 0.6) is 0 Å². The Labute approximate surface area is 140 Å². The lowest BCUT2D eigenvalue weighted by Gasteiger charge is -2.37. The maximum atomic E-state index is 11.5. The molecule has 1 aliphatic heterocycles. The fourth-order valence-corrected chi connectivity index (χ4v) is 4.37. The molecule has 4 rings (SSSR count). The third-order valence-electron chi connectivity index (χ3n) is 5.44. The molecule has 0 aromatic carbocycles. The van der Waals surface area contributed by atoms with Gasteiger partial charge in [0, 0.05) is 33.3 Å². The zero-order valence-corrected chi connectivity index (χ0v) is 14.0. The first kappa shape index (κ1) is 15.4. The number of H-pyrrole nitrogens is 1. The summed E-state index contributed by atoms with van der Waals surface area (Å²) < 4.78 is 5.65. The molecule has 0 unspecified atom stereocenters. The van der Waals surface area contributed by atoms with Crippen LogP contribution in [0.1, 0.15) is 19.8 Å². The third-order valence-corrected chi connectivity index (χ3v) is 5.44. The molecule has 2 aromatic heterocycles. The predicted octanol–water partition coefficient (Wildman–Crippen LogP) is 1.32. The summed E-state index contributed by atoms with van der Waals surface area (Å²) in [6.45, 7) is 3.52. The summed E-state index contributed by atoms with van der Waals surface area (Å²) in [6.07, 6.45) is 5.55. The zero-order chi connectivity index (χ0) is 16.7. The molecule has 3 heterocycles. The van der Waals surface area contributed by atoms with Crippen molar-refractivity contribution in [3.63, 3.8) is 0 Å². The van der Waals surface area contributed by atoms with E-state index in [1.165, 1.54) is 0 Å². The number of carbonyl (C=O) groups excluding carboxylic acids is 1. The Morgan fingerprint density at radius 1 is 1.33 bits per heavy atom. The molecule has 2 fully saturated rings. The number of anilines is 1. The number of amides is 1. The average molecular weight is 329 g/mol. The van der Waals surface area contributed by atoms with E-state index < -0.39 is 0 Å². The molecule has 0 spiro atoms. The standard InChI is InChI=1S/C17H23N5O2/c1-10(23)21-14-5-11-7-22(8-12(11)6-15(14)24-2)17-13-3-4-18-16(13)19-9-20-17/h3-4,9,11-12,14-15H,5-8H2,1-2H3,(H,21,23)(H,18,19,20)/t11-,12+,14-,15-/m1/s1. The van der Waals surface area contributed by atoms with Crippen molar-refractivity contribution < 1.29 is 9.53 Å². The van der Waals surface area contributed by atoms with Crippen LogP contribution in [0.4, 0.5) is 5.82 Å². The average Bonchev–Trinajstić information content (AvgIpc) is 3.19. The molecule has 0 radical (unpaired) electrons. The summed E-state index contributed by atoms with van der Waals surface area (Å²) in [4.78, 5) is 25.8. The molecule has 1 aliphatic carbocycles. The highest BCUT2D eigenvalue weighted by Crippen LogP contribution is 2.39. The van der Waals surface area contributed by atoms with Crippen molar-refractivity contribution in [2.45, 2.75) is 31.9 Å². The van der Waals surface area contributed by atoms with Gasteiger partial charge in [-0.3, -0.25) is 4.79 Å². The van der Waals surface area contributed by atoms with Crippen molar-refractivity contribution in [3.05, 3.63) is 18.6 Å². The van der Waals surface area contributed by atoms with E-state index >= 15 is 0 Å². The van der Waals surface area contributed by atoms with Crippen LogP contribution in [0, 0.1) is 11.8 Å². The Morgan fingerprint density at radius 2 is 2.12 bits per heavy atom. The molecular weight excluding hydrogens is 306 g/mol. The van der Waals surface area contributed by atoms with Crippen molar-refractivity contribution in [2.75, 3.05) is 25.1 Å². The Balaban J connectivity index is 1.55. The van der Waals surface area contributed by atoms with Gasteiger partial charge in [-0.05, 0) is 30.7 Å². The second-order valence-corrected chi connectivity index (χ2v) is 6.91. The molecule has 2 aliphatic rings. The van der Waals surface area contributed by atoms with Crippen molar-refractivity contribution in [2.24, 2.45) is 11.8 Å². The summed E-state index contributed by atoms with van der Waals surface area (Å²) in [5.41, 5.74) is 0.876. The minimum atomic E-state index is 0.0141. The number of nitrogens with zero attached hydrogens (tertiary/aromatic N) is 3. The number of rotatable bonds is 3.